The summed E-state index contributed by atoms with van der Waals surface area (Å²) in [5, 5.41) is 19.7. The first kappa shape index (κ1) is 14.1. The van der Waals surface area contributed by atoms with Crippen LogP contribution in [0.3, 0.4) is 0 Å². The first-order chi connectivity index (χ1) is 9.65. The molecule has 104 valence electrons. The van der Waals surface area contributed by atoms with Crippen LogP contribution in [-0.2, 0) is 15.4 Å². The van der Waals surface area contributed by atoms with Crippen LogP contribution >= 0.6 is 0 Å². The average molecular weight is 292 g/mol. The molecule has 0 heterocycles. The fourth-order valence-corrected chi connectivity index (χ4v) is 1.81. The maximum atomic E-state index is 11.5. The van der Waals surface area contributed by atoms with Crippen molar-refractivity contribution in [2.45, 2.75) is 0 Å². The van der Waals surface area contributed by atoms with Crippen molar-refractivity contribution >= 4 is 17.2 Å². The quantitative estimate of drug-likeness (QED) is 0.503. The molecule has 2 rings (SSSR count). The van der Waals surface area contributed by atoms with Crippen LogP contribution in [0, 0.1) is 0 Å². The molecule has 0 aromatic heterocycles. The van der Waals surface area contributed by atoms with Crippen molar-refractivity contribution in [3.8, 4) is 17.2 Å². The number of benzene rings is 2. The lowest BCUT2D eigenvalue weighted by atomic mass is 10.2. The molecule has 0 aliphatic rings. The monoisotopic (exact) mass is 292 g/mol. The van der Waals surface area contributed by atoms with E-state index in [1.165, 1.54) is 23.6 Å². The molecule has 0 amide bonds. The number of hydrogen-bond acceptors (Lipinski definition) is 5. The number of phenolic OH excluding ortho intramolecular Hbond substituents is 2. The minimum Gasteiger partial charge on any atom is -0.504 e. The Kier molecular flexibility index (Phi) is 4.75. The van der Waals surface area contributed by atoms with Gasteiger partial charge >= 0.3 is 0 Å². The van der Waals surface area contributed by atoms with Gasteiger partial charge in [0.05, 0.1) is 0 Å². The third-order valence-corrected chi connectivity index (χ3v) is 2.87. The van der Waals surface area contributed by atoms with E-state index < -0.39 is 11.1 Å². The van der Waals surface area contributed by atoms with Crippen LogP contribution < -0.4 is 4.89 Å². The molecule has 0 saturated carbocycles. The Morgan fingerprint density at radius 1 is 1.00 bits per heavy atom. The van der Waals surface area contributed by atoms with Gasteiger partial charge in [-0.3, -0.25) is 0 Å². The van der Waals surface area contributed by atoms with Crippen LogP contribution in [0.1, 0.15) is 5.56 Å². The van der Waals surface area contributed by atoms with Crippen LogP contribution in [0.2, 0.25) is 0 Å². The number of rotatable bonds is 5. The molecule has 6 heteroatoms. The second-order valence-corrected chi connectivity index (χ2v) is 4.71. The Bertz CT molecular complexity index is 625. The number of hydrogen-bond donors (Lipinski definition) is 2. The second-order valence-electron chi connectivity index (χ2n) is 3.78. The zero-order valence-electron chi connectivity index (χ0n) is 10.3. The van der Waals surface area contributed by atoms with Crippen molar-refractivity contribution < 1.29 is 23.6 Å². The van der Waals surface area contributed by atoms with Crippen molar-refractivity contribution in [1.29, 1.82) is 0 Å². The molecular formula is C14H12O5S. The zero-order chi connectivity index (χ0) is 14.4. The number of aromatic hydroxyl groups is 2. The summed E-state index contributed by atoms with van der Waals surface area (Å²) in [6.07, 6.45) is 1.48. The van der Waals surface area contributed by atoms with Gasteiger partial charge in [-0.15, -0.1) is 0 Å². The topological polar surface area (TPSA) is 76.0 Å². The molecule has 5 nitrogen and oxygen atoms in total. The summed E-state index contributed by atoms with van der Waals surface area (Å²) in [5.41, 5.74) is 0.567. The second kappa shape index (κ2) is 6.74. The smallest absolute Gasteiger partial charge is 0.224 e. The summed E-state index contributed by atoms with van der Waals surface area (Å²) < 4.78 is 16.2. The number of phenols is 2. The molecule has 0 saturated heterocycles. The van der Waals surface area contributed by atoms with Gasteiger partial charge in [-0.1, -0.05) is 28.6 Å². The molecule has 2 aromatic carbocycles. The van der Waals surface area contributed by atoms with Crippen molar-refractivity contribution in [2.75, 3.05) is 0 Å². The highest BCUT2D eigenvalue weighted by atomic mass is 32.2. The van der Waals surface area contributed by atoms with Gasteiger partial charge in [-0.05, 0) is 35.9 Å². The molecule has 0 aliphatic heterocycles. The van der Waals surface area contributed by atoms with Crippen LogP contribution in [0.5, 0.6) is 17.2 Å². The van der Waals surface area contributed by atoms with Crippen molar-refractivity contribution in [3.05, 3.63) is 59.5 Å². The maximum absolute atomic E-state index is 11.5. The molecule has 20 heavy (non-hydrogen) atoms. The zero-order valence-corrected chi connectivity index (χ0v) is 11.1. The van der Waals surface area contributed by atoms with Gasteiger partial charge in [-0.25, -0.2) is 4.21 Å². The molecule has 2 N–H and O–H groups in total. The Morgan fingerprint density at radius 2 is 1.75 bits per heavy atom. The first-order valence-electron chi connectivity index (χ1n) is 5.66. The van der Waals surface area contributed by atoms with E-state index in [1.54, 1.807) is 30.3 Å². The fraction of sp³-hybridized carbons (Fsp3) is 0. The van der Waals surface area contributed by atoms with Crippen molar-refractivity contribution in [1.82, 2.24) is 0 Å². The number of para-hydroxylation sites is 1. The SMILES string of the molecule is O=S(C=Cc1ccc(O)c(O)c1)OOc1ccccc1. The normalized spacial score (nSPS) is 12.4. The van der Waals surface area contributed by atoms with E-state index in [0.29, 0.717) is 11.3 Å². The van der Waals surface area contributed by atoms with Crippen LogP contribution in [0.15, 0.2) is 53.9 Å². The van der Waals surface area contributed by atoms with E-state index in [9.17, 15) is 9.32 Å². The Balaban J connectivity index is 1.90. The minimum absolute atomic E-state index is 0.216. The average Bonchev–Trinajstić information content (AvgIpc) is 2.47. The molecule has 0 aliphatic carbocycles. The lowest BCUT2D eigenvalue weighted by Crippen LogP contribution is -1.98. The highest BCUT2D eigenvalue weighted by Gasteiger charge is 2.00. The minimum atomic E-state index is -1.78. The van der Waals surface area contributed by atoms with E-state index in [-0.39, 0.29) is 11.5 Å². The first-order valence-corrected chi connectivity index (χ1v) is 6.80. The predicted octanol–water partition coefficient (Wildman–Crippen LogP) is 2.74. The molecule has 1 atom stereocenters. The van der Waals surface area contributed by atoms with E-state index in [2.05, 4.69) is 4.33 Å². The molecule has 1 unspecified atom stereocenters. The van der Waals surface area contributed by atoms with Gasteiger partial charge in [0, 0.05) is 5.41 Å². The van der Waals surface area contributed by atoms with Crippen molar-refractivity contribution in [3.63, 3.8) is 0 Å². The summed E-state index contributed by atoms with van der Waals surface area (Å²) >= 11 is -1.78. The van der Waals surface area contributed by atoms with Gasteiger partial charge < -0.3 is 15.1 Å². The van der Waals surface area contributed by atoms with Gasteiger partial charge in [0.15, 0.2) is 17.2 Å². The Morgan fingerprint density at radius 3 is 2.45 bits per heavy atom. The molecular weight excluding hydrogens is 280 g/mol. The summed E-state index contributed by atoms with van der Waals surface area (Å²) in [7, 11) is 0. The van der Waals surface area contributed by atoms with E-state index in [0.717, 1.165) is 0 Å². The maximum Gasteiger partial charge on any atom is 0.224 e. The molecule has 0 bridgehead atoms. The van der Waals surface area contributed by atoms with Crippen LogP contribution in [-0.4, -0.2) is 14.4 Å². The van der Waals surface area contributed by atoms with E-state index >= 15 is 0 Å². The van der Waals surface area contributed by atoms with Crippen molar-refractivity contribution in [2.24, 2.45) is 0 Å². The standard InChI is InChI=1S/C14H12O5S/c15-13-7-6-11(10-14(13)16)8-9-20(17)19-18-12-4-2-1-3-5-12/h1-10,15-16H. The lowest BCUT2D eigenvalue weighted by Gasteiger charge is -2.01. The highest BCUT2D eigenvalue weighted by Crippen LogP contribution is 2.25. The Labute approximate surface area is 118 Å². The van der Waals surface area contributed by atoms with Crippen LogP contribution in [0.4, 0.5) is 0 Å². The molecule has 0 fully saturated rings. The van der Waals surface area contributed by atoms with Gasteiger partial charge in [0.1, 0.15) is 0 Å². The van der Waals surface area contributed by atoms with E-state index in [1.807, 2.05) is 6.07 Å². The lowest BCUT2D eigenvalue weighted by molar-refractivity contribution is -0.0841. The predicted molar refractivity (Wildman–Crippen MR) is 75.1 cm³/mol. The summed E-state index contributed by atoms with van der Waals surface area (Å²) in [5.74, 6) is -0.0251. The van der Waals surface area contributed by atoms with Gasteiger partial charge in [0.2, 0.25) is 11.1 Å². The summed E-state index contributed by atoms with van der Waals surface area (Å²) in [4.78, 5) is 4.86. The third-order valence-electron chi connectivity index (χ3n) is 2.31. The summed E-state index contributed by atoms with van der Waals surface area (Å²) in [6.45, 7) is 0. The van der Waals surface area contributed by atoms with E-state index in [4.69, 9.17) is 9.99 Å². The molecule has 0 spiro atoms. The highest BCUT2D eigenvalue weighted by molar-refractivity contribution is 7.83. The fourth-order valence-electron chi connectivity index (χ4n) is 1.35. The van der Waals surface area contributed by atoms with Gasteiger partial charge in [0.25, 0.3) is 0 Å². The third kappa shape index (κ3) is 4.11. The molecule has 2 aromatic rings. The van der Waals surface area contributed by atoms with Crippen LogP contribution in [0.25, 0.3) is 6.08 Å². The largest absolute Gasteiger partial charge is 0.504 e. The summed E-state index contributed by atoms with van der Waals surface area (Å²) in [6, 6.07) is 12.9. The Hall–Kier alpha value is -2.31. The molecule has 0 radical (unpaired) electrons. The van der Waals surface area contributed by atoms with Gasteiger partial charge in [-0.2, -0.15) is 0 Å².